The van der Waals surface area contributed by atoms with Crippen LogP contribution in [-0.4, -0.2) is 51.0 Å². The molecule has 0 radical (unpaired) electrons. The predicted molar refractivity (Wildman–Crippen MR) is 125 cm³/mol. The van der Waals surface area contributed by atoms with E-state index in [9.17, 15) is 4.79 Å². The zero-order chi connectivity index (χ0) is 24.7. The molecule has 0 spiro atoms. The molecule has 0 saturated carbocycles. The number of hydrogen-bond donors (Lipinski definition) is 1. The summed E-state index contributed by atoms with van der Waals surface area (Å²) < 4.78 is 44.8. The first-order valence-electron chi connectivity index (χ1n) is 11.0. The van der Waals surface area contributed by atoms with Crippen molar-refractivity contribution in [3.8, 4) is 11.3 Å². The molecule has 12 heteroatoms. The number of halogens is 2. The summed E-state index contributed by atoms with van der Waals surface area (Å²) >= 11 is 0. The van der Waals surface area contributed by atoms with Crippen LogP contribution in [0, 0.1) is 0 Å². The molecular formula is C22H28F2N6O3Si. The molecule has 1 aromatic carbocycles. The molecule has 1 aliphatic rings. The summed E-state index contributed by atoms with van der Waals surface area (Å²) in [6.07, 6.45) is -1.07. The molecule has 0 amide bonds. The van der Waals surface area contributed by atoms with Crippen LogP contribution in [0.4, 0.5) is 14.6 Å². The van der Waals surface area contributed by atoms with Gasteiger partial charge in [0, 0.05) is 6.20 Å². The van der Waals surface area contributed by atoms with Gasteiger partial charge in [-0.25, -0.2) is 9.48 Å². The normalized spacial score (nSPS) is 22.2. The van der Waals surface area contributed by atoms with Gasteiger partial charge in [0.15, 0.2) is 8.32 Å². The van der Waals surface area contributed by atoms with E-state index in [-0.39, 0.29) is 11.4 Å². The smallest absolute Gasteiger partial charge is 0.351 e. The van der Waals surface area contributed by atoms with Crippen LogP contribution < -0.4 is 11.4 Å². The zero-order valence-corrected chi connectivity index (χ0v) is 20.5. The average molecular weight is 491 g/mol. The highest BCUT2D eigenvalue weighted by Crippen LogP contribution is 2.46. The van der Waals surface area contributed by atoms with Crippen molar-refractivity contribution < 1.29 is 17.9 Å². The van der Waals surface area contributed by atoms with Crippen LogP contribution in [0.25, 0.3) is 11.3 Å². The van der Waals surface area contributed by atoms with Gasteiger partial charge in [-0.3, -0.25) is 4.57 Å². The zero-order valence-electron chi connectivity index (χ0n) is 19.5. The van der Waals surface area contributed by atoms with Crippen molar-refractivity contribution in [3.63, 3.8) is 0 Å². The highest BCUT2D eigenvalue weighted by Gasteiger charge is 2.61. The van der Waals surface area contributed by atoms with E-state index in [1.54, 1.807) is 17.8 Å². The topological polar surface area (TPSA) is 110 Å². The molecule has 3 heterocycles. The fourth-order valence-corrected chi connectivity index (χ4v) is 5.00. The molecule has 3 aromatic rings. The van der Waals surface area contributed by atoms with Gasteiger partial charge in [0.2, 0.25) is 6.23 Å². The summed E-state index contributed by atoms with van der Waals surface area (Å²) in [7, 11) is -2.32. The first kappa shape index (κ1) is 24.2. The molecular weight excluding hydrogens is 462 g/mol. The Bertz CT molecular complexity index is 1210. The highest BCUT2D eigenvalue weighted by molar-refractivity contribution is 6.69. The van der Waals surface area contributed by atoms with Gasteiger partial charge in [-0.1, -0.05) is 42.5 Å². The summed E-state index contributed by atoms with van der Waals surface area (Å²) in [5.41, 5.74) is 6.55. The standard InChI is InChI=1S/C22H28F2N6O3Si/c1-5-17-18(33-34(2,3)4)22(23,24)20(32-17)30-12-15(19(25)26-21(30)31)16-13-29(28-27-16)11-14-9-7-6-8-10-14/h6-10,12-13,17-18,20H,5,11H2,1-4H3,(H2,25,26,31)/t17-,18?,20-/m1/s1. The van der Waals surface area contributed by atoms with Crippen LogP contribution in [0.1, 0.15) is 25.1 Å². The van der Waals surface area contributed by atoms with Crippen LogP contribution in [0.5, 0.6) is 0 Å². The number of rotatable bonds is 7. The average Bonchev–Trinajstić information content (AvgIpc) is 3.31. The third-order valence-electron chi connectivity index (χ3n) is 5.47. The van der Waals surface area contributed by atoms with E-state index in [0.29, 0.717) is 18.7 Å². The second-order valence-corrected chi connectivity index (χ2v) is 13.7. The van der Waals surface area contributed by atoms with Crippen LogP contribution in [0.15, 0.2) is 47.5 Å². The monoisotopic (exact) mass is 490 g/mol. The molecule has 1 fully saturated rings. The minimum Gasteiger partial charge on any atom is -0.406 e. The molecule has 0 bridgehead atoms. The van der Waals surface area contributed by atoms with Crippen LogP contribution in [0.2, 0.25) is 19.6 Å². The highest BCUT2D eigenvalue weighted by atomic mass is 28.4. The number of benzene rings is 1. The van der Waals surface area contributed by atoms with Gasteiger partial charge >= 0.3 is 11.6 Å². The Morgan fingerprint density at radius 2 is 1.91 bits per heavy atom. The molecule has 0 aliphatic carbocycles. The van der Waals surface area contributed by atoms with Gasteiger partial charge in [-0.2, -0.15) is 13.8 Å². The van der Waals surface area contributed by atoms with Crippen molar-refractivity contribution in [1.82, 2.24) is 24.5 Å². The predicted octanol–water partition coefficient (Wildman–Crippen LogP) is 3.30. The number of anilines is 1. The van der Waals surface area contributed by atoms with Gasteiger partial charge in [-0.05, 0) is 31.6 Å². The van der Waals surface area contributed by atoms with Gasteiger partial charge < -0.3 is 14.9 Å². The number of alkyl halides is 2. The SMILES string of the molecule is CC[C@H]1O[C@@H](n2cc(-c3cn(Cc4ccccc4)nn3)c(N)nc2=O)C(F)(F)C1O[Si](C)(C)C. The van der Waals surface area contributed by atoms with Gasteiger partial charge in [0.25, 0.3) is 0 Å². The fraction of sp³-hybridized carbons (Fsp3) is 0.455. The van der Waals surface area contributed by atoms with E-state index >= 15 is 8.78 Å². The molecule has 182 valence electrons. The van der Waals surface area contributed by atoms with Crippen molar-refractivity contribution in [3.05, 3.63) is 58.8 Å². The second-order valence-electron chi connectivity index (χ2n) is 9.28. The number of aromatic nitrogens is 5. The Kier molecular flexibility index (Phi) is 6.40. The van der Waals surface area contributed by atoms with E-state index < -0.39 is 38.4 Å². The van der Waals surface area contributed by atoms with Gasteiger partial charge in [0.1, 0.15) is 17.6 Å². The third kappa shape index (κ3) is 4.79. The molecule has 2 N–H and O–H groups in total. The Labute approximate surface area is 196 Å². The lowest BCUT2D eigenvalue weighted by Crippen LogP contribution is -2.47. The Morgan fingerprint density at radius 1 is 1.21 bits per heavy atom. The van der Waals surface area contributed by atoms with Crippen LogP contribution in [0.3, 0.4) is 0 Å². The lowest BCUT2D eigenvalue weighted by atomic mass is 10.1. The summed E-state index contributed by atoms with van der Waals surface area (Å²) in [6, 6.07) is 9.63. The minimum atomic E-state index is -3.45. The summed E-state index contributed by atoms with van der Waals surface area (Å²) in [4.78, 5) is 16.4. The quantitative estimate of drug-likeness (QED) is 0.506. The molecule has 34 heavy (non-hydrogen) atoms. The Morgan fingerprint density at radius 3 is 2.56 bits per heavy atom. The van der Waals surface area contributed by atoms with E-state index in [1.807, 2.05) is 50.0 Å². The molecule has 1 unspecified atom stereocenters. The Balaban J connectivity index is 1.68. The number of nitrogens with two attached hydrogens (primary N) is 1. The number of nitrogen functional groups attached to an aromatic ring is 1. The first-order chi connectivity index (χ1) is 16.0. The van der Waals surface area contributed by atoms with Crippen molar-refractivity contribution >= 4 is 14.1 Å². The first-order valence-corrected chi connectivity index (χ1v) is 14.4. The molecule has 3 atom stereocenters. The number of hydrogen-bond acceptors (Lipinski definition) is 7. The van der Waals surface area contributed by atoms with Gasteiger partial charge in [0.05, 0.1) is 24.4 Å². The molecule has 4 rings (SSSR count). The van der Waals surface area contributed by atoms with Crippen LogP contribution >= 0.6 is 0 Å². The van der Waals surface area contributed by atoms with Crippen molar-refractivity contribution in [2.75, 3.05) is 5.73 Å². The molecule has 1 aliphatic heterocycles. The Hall–Kier alpha value is -2.96. The number of nitrogens with zero attached hydrogens (tertiary/aromatic N) is 5. The van der Waals surface area contributed by atoms with Crippen molar-refractivity contribution in [1.29, 1.82) is 0 Å². The molecule has 2 aromatic heterocycles. The summed E-state index contributed by atoms with van der Waals surface area (Å²) in [6.45, 7) is 7.69. The maximum Gasteiger partial charge on any atom is 0.351 e. The third-order valence-corrected chi connectivity index (χ3v) is 6.43. The van der Waals surface area contributed by atoms with E-state index in [1.165, 1.54) is 6.20 Å². The van der Waals surface area contributed by atoms with Crippen LogP contribution in [-0.2, 0) is 15.7 Å². The minimum absolute atomic E-state index is 0.128. The largest absolute Gasteiger partial charge is 0.406 e. The molecule has 1 saturated heterocycles. The lowest BCUT2D eigenvalue weighted by Gasteiger charge is -2.30. The number of ether oxygens (including phenoxy) is 1. The van der Waals surface area contributed by atoms with Crippen molar-refractivity contribution in [2.45, 2.75) is 63.9 Å². The fourth-order valence-electron chi connectivity index (χ4n) is 3.93. The maximum absolute atomic E-state index is 15.5. The maximum atomic E-state index is 15.5. The van der Waals surface area contributed by atoms with E-state index in [4.69, 9.17) is 14.9 Å². The van der Waals surface area contributed by atoms with E-state index in [0.717, 1.165) is 10.1 Å². The van der Waals surface area contributed by atoms with E-state index in [2.05, 4.69) is 15.3 Å². The summed E-state index contributed by atoms with van der Waals surface area (Å²) in [5.74, 6) is -3.58. The lowest BCUT2D eigenvalue weighted by molar-refractivity contribution is -0.137. The van der Waals surface area contributed by atoms with Gasteiger partial charge in [-0.15, -0.1) is 5.10 Å². The second kappa shape index (κ2) is 9.00. The van der Waals surface area contributed by atoms with Crippen molar-refractivity contribution in [2.24, 2.45) is 0 Å². The summed E-state index contributed by atoms with van der Waals surface area (Å²) in [5, 5.41) is 8.19. The molecule has 9 nitrogen and oxygen atoms in total.